The molecule has 0 aliphatic rings. The largest absolute Gasteiger partial charge is 0.505 e. The molecule has 98 valence electrons. The van der Waals surface area contributed by atoms with E-state index in [0.717, 1.165) is 5.69 Å². The molecule has 2 rings (SSSR count). The third-order valence-corrected chi connectivity index (χ3v) is 3.07. The van der Waals surface area contributed by atoms with Gasteiger partial charge in [-0.25, -0.2) is 0 Å². The summed E-state index contributed by atoms with van der Waals surface area (Å²) < 4.78 is 0. The number of benzene rings is 2. The first-order valence-electron chi connectivity index (χ1n) is 5.60. The van der Waals surface area contributed by atoms with E-state index in [9.17, 15) is 5.11 Å². The van der Waals surface area contributed by atoms with Gasteiger partial charge in [0, 0.05) is 0 Å². The number of phenols is 1. The van der Waals surface area contributed by atoms with Gasteiger partial charge >= 0.3 is 0 Å². The molecule has 0 heterocycles. The number of aromatic hydroxyl groups is 1. The Bertz CT molecular complexity index is 586. The number of nitrogens with zero attached hydrogens (tertiary/aromatic N) is 1. The maximum absolute atomic E-state index is 9.44. The zero-order valence-electron chi connectivity index (χ0n) is 10.2. The normalized spacial score (nSPS) is 10.9. The molecule has 0 saturated carbocycles. The second-order valence-electron chi connectivity index (χ2n) is 4.07. The molecule has 0 amide bonds. The minimum Gasteiger partial charge on any atom is -0.505 e. The highest BCUT2D eigenvalue weighted by molar-refractivity contribution is 6.37. The van der Waals surface area contributed by atoms with Crippen molar-refractivity contribution >= 4 is 35.1 Å². The fourth-order valence-corrected chi connectivity index (χ4v) is 1.97. The van der Waals surface area contributed by atoms with E-state index in [-0.39, 0.29) is 15.8 Å². The third-order valence-electron chi connectivity index (χ3n) is 2.50. The van der Waals surface area contributed by atoms with E-state index in [2.05, 4.69) is 10.5 Å². The summed E-state index contributed by atoms with van der Waals surface area (Å²) in [7, 11) is 0. The Morgan fingerprint density at radius 3 is 2.26 bits per heavy atom. The van der Waals surface area contributed by atoms with Gasteiger partial charge in [0.25, 0.3) is 0 Å². The summed E-state index contributed by atoms with van der Waals surface area (Å²) >= 11 is 11.6. The highest BCUT2D eigenvalue weighted by Gasteiger charge is 2.05. The molecule has 0 saturated heterocycles. The van der Waals surface area contributed by atoms with Gasteiger partial charge in [0.05, 0.1) is 21.9 Å². The first-order valence-corrected chi connectivity index (χ1v) is 6.35. The molecule has 0 bridgehead atoms. The topological polar surface area (TPSA) is 44.6 Å². The molecule has 2 aromatic carbocycles. The summed E-state index contributed by atoms with van der Waals surface area (Å²) in [6.45, 7) is 2.02. The van der Waals surface area contributed by atoms with Gasteiger partial charge in [-0.1, -0.05) is 40.9 Å². The van der Waals surface area contributed by atoms with Crippen LogP contribution in [0.25, 0.3) is 0 Å². The minimum atomic E-state index is -0.119. The van der Waals surface area contributed by atoms with Gasteiger partial charge in [0.1, 0.15) is 0 Å². The van der Waals surface area contributed by atoms with E-state index in [1.54, 1.807) is 18.3 Å². The van der Waals surface area contributed by atoms with E-state index < -0.39 is 0 Å². The number of hydrogen-bond donors (Lipinski definition) is 2. The molecule has 0 aromatic heterocycles. The highest BCUT2D eigenvalue weighted by atomic mass is 35.5. The van der Waals surface area contributed by atoms with Crippen LogP contribution in [0.3, 0.4) is 0 Å². The number of anilines is 1. The van der Waals surface area contributed by atoms with Crippen molar-refractivity contribution in [3.63, 3.8) is 0 Å². The quantitative estimate of drug-likeness (QED) is 0.649. The van der Waals surface area contributed by atoms with Gasteiger partial charge in [-0.2, -0.15) is 5.10 Å². The number of hydrazone groups is 1. The molecule has 5 heteroatoms. The number of phenolic OH excluding ortho intramolecular Hbond substituents is 1. The maximum atomic E-state index is 9.44. The lowest BCUT2D eigenvalue weighted by atomic mass is 10.2. The SMILES string of the molecule is Cc1ccc(N/N=C/c2cc(Cl)c(O)c(Cl)c2)cc1. The Morgan fingerprint density at radius 1 is 1.11 bits per heavy atom. The number of halogens is 2. The Kier molecular flexibility index (Phi) is 4.30. The molecular weight excluding hydrogens is 283 g/mol. The van der Waals surface area contributed by atoms with Gasteiger partial charge in [-0.05, 0) is 36.8 Å². The molecule has 0 atom stereocenters. The van der Waals surface area contributed by atoms with Crippen LogP contribution >= 0.6 is 23.2 Å². The molecule has 19 heavy (non-hydrogen) atoms. The lowest BCUT2D eigenvalue weighted by Crippen LogP contribution is -1.91. The fourth-order valence-electron chi connectivity index (χ4n) is 1.47. The van der Waals surface area contributed by atoms with Crippen LogP contribution in [0.2, 0.25) is 10.0 Å². The first-order chi connectivity index (χ1) is 9.06. The Labute approximate surface area is 121 Å². The molecule has 0 unspecified atom stereocenters. The molecule has 2 N–H and O–H groups in total. The molecule has 0 fully saturated rings. The van der Waals surface area contributed by atoms with E-state index >= 15 is 0 Å². The molecule has 0 aliphatic heterocycles. The average molecular weight is 295 g/mol. The van der Waals surface area contributed by atoms with Crippen molar-refractivity contribution in [2.45, 2.75) is 6.92 Å². The van der Waals surface area contributed by atoms with Crippen LogP contribution in [0.4, 0.5) is 5.69 Å². The van der Waals surface area contributed by atoms with E-state index in [1.807, 2.05) is 31.2 Å². The molecule has 0 radical (unpaired) electrons. The average Bonchev–Trinajstić information content (AvgIpc) is 2.38. The van der Waals surface area contributed by atoms with Crippen molar-refractivity contribution in [2.75, 3.05) is 5.43 Å². The van der Waals surface area contributed by atoms with Crippen molar-refractivity contribution in [3.8, 4) is 5.75 Å². The molecule has 0 spiro atoms. The fraction of sp³-hybridized carbons (Fsp3) is 0.0714. The summed E-state index contributed by atoms with van der Waals surface area (Å²) in [5.41, 5.74) is 5.67. The number of rotatable bonds is 3. The van der Waals surface area contributed by atoms with Gasteiger partial charge in [-0.3, -0.25) is 5.43 Å². The second-order valence-corrected chi connectivity index (χ2v) is 4.88. The summed E-state index contributed by atoms with van der Waals surface area (Å²) in [5.74, 6) is -0.119. The molecule has 2 aromatic rings. The van der Waals surface area contributed by atoms with Gasteiger partial charge < -0.3 is 5.11 Å². The van der Waals surface area contributed by atoms with Crippen molar-refractivity contribution in [1.82, 2.24) is 0 Å². The van der Waals surface area contributed by atoms with Gasteiger partial charge in [0.2, 0.25) is 0 Å². The van der Waals surface area contributed by atoms with Crippen LogP contribution in [0.5, 0.6) is 5.75 Å². The van der Waals surface area contributed by atoms with E-state index in [0.29, 0.717) is 5.56 Å². The number of nitrogens with one attached hydrogen (secondary N) is 1. The van der Waals surface area contributed by atoms with Crippen molar-refractivity contribution in [3.05, 3.63) is 57.6 Å². The second kappa shape index (κ2) is 5.95. The monoisotopic (exact) mass is 294 g/mol. The zero-order chi connectivity index (χ0) is 13.8. The number of hydrogen-bond acceptors (Lipinski definition) is 3. The van der Waals surface area contributed by atoms with Crippen molar-refractivity contribution in [2.24, 2.45) is 5.10 Å². The van der Waals surface area contributed by atoms with E-state index in [4.69, 9.17) is 23.2 Å². The first kappa shape index (κ1) is 13.7. The highest BCUT2D eigenvalue weighted by Crippen LogP contribution is 2.32. The summed E-state index contributed by atoms with van der Waals surface area (Å²) in [6, 6.07) is 11.0. The lowest BCUT2D eigenvalue weighted by molar-refractivity contribution is 0.476. The summed E-state index contributed by atoms with van der Waals surface area (Å²) in [4.78, 5) is 0. The standard InChI is InChI=1S/C14H12Cl2N2O/c1-9-2-4-11(5-3-9)18-17-8-10-6-12(15)14(19)13(16)7-10/h2-8,18-19H,1H3/b17-8+. The number of aryl methyl sites for hydroxylation is 1. The molecular formula is C14H12Cl2N2O. The Hall–Kier alpha value is -1.71. The smallest absolute Gasteiger partial charge is 0.152 e. The van der Waals surface area contributed by atoms with E-state index in [1.165, 1.54) is 5.56 Å². The minimum absolute atomic E-state index is 0.119. The predicted molar refractivity (Wildman–Crippen MR) is 80.5 cm³/mol. The molecule has 0 aliphatic carbocycles. The van der Waals surface area contributed by atoms with Crippen molar-refractivity contribution in [1.29, 1.82) is 0 Å². The van der Waals surface area contributed by atoms with Crippen LogP contribution < -0.4 is 5.43 Å². The molecule has 3 nitrogen and oxygen atoms in total. The van der Waals surface area contributed by atoms with Crippen LogP contribution in [0.1, 0.15) is 11.1 Å². The maximum Gasteiger partial charge on any atom is 0.152 e. The van der Waals surface area contributed by atoms with Crippen LogP contribution in [0, 0.1) is 6.92 Å². The van der Waals surface area contributed by atoms with Crippen LogP contribution in [0.15, 0.2) is 41.5 Å². The van der Waals surface area contributed by atoms with Crippen molar-refractivity contribution < 1.29 is 5.11 Å². The summed E-state index contributed by atoms with van der Waals surface area (Å²) in [5, 5.41) is 13.9. The van der Waals surface area contributed by atoms with Crippen LogP contribution in [-0.2, 0) is 0 Å². The van der Waals surface area contributed by atoms with Gasteiger partial charge in [0.15, 0.2) is 5.75 Å². The van der Waals surface area contributed by atoms with Crippen LogP contribution in [-0.4, -0.2) is 11.3 Å². The zero-order valence-corrected chi connectivity index (χ0v) is 11.7. The predicted octanol–water partition coefficient (Wildman–Crippen LogP) is 4.45. The summed E-state index contributed by atoms with van der Waals surface area (Å²) in [6.07, 6.45) is 1.58. The Balaban J connectivity index is 2.09. The lowest BCUT2D eigenvalue weighted by Gasteiger charge is -2.02. The van der Waals surface area contributed by atoms with Gasteiger partial charge in [-0.15, -0.1) is 0 Å². The third kappa shape index (κ3) is 3.63. The Morgan fingerprint density at radius 2 is 1.68 bits per heavy atom.